The van der Waals surface area contributed by atoms with E-state index in [1.165, 1.54) is 0 Å². The van der Waals surface area contributed by atoms with Crippen molar-refractivity contribution in [2.75, 3.05) is 27.7 Å². The fourth-order valence-corrected chi connectivity index (χ4v) is 1.75. The van der Waals surface area contributed by atoms with Gasteiger partial charge in [0, 0.05) is 6.54 Å². The maximum Gasteiger partial charge on any atom is 0.137 e. The van der Waals surface area contributed by atoms with E-state index in [0.717, 1.165) is 5.56 Å². The molecule has 1 atom stereocenters. The minimum absolute atomic E-state index is 0.168. The molecular formula is C12H15ClN2O. The van der Waals surface area contributed by atoms with E-state index in [1.807, 2.05) is 25.1 Å². The van der Waals surface area contributed by atoms with Gasteiger partial charge in [0.25, 0.3) is 0 Å². The molecule has 0 aliphatic carbocycles. The van der Waals surface area contributed by atoms with Crippen molar-refractivity contribution in [3.63, 3.8) is 0 Å². The number of hydrogen-bond donors (Lipinski definition) is 0. The topological polar surface area (TPSA) is 36.3 Å². The van der Waals surface area contributed by atoms with Crippen LogP contribution in [0.1, 0.15) is 11.5 Å². The summed E-state index contributed by atoms with van der Waals surface area (Å²) in [5, 5.41) is 9.64. The van der Waals surface area contributed by atoms with Crippen LogP contribution in [0, 0.1) is 11.3 Å². The molecule has 0 radical (unpaired) electrons. The Bertz CT molecular complexity index is 398. The summed E-state index contributed by atoms with van der Waals surface area (Å²) in [5.74, 6) is 0.463. The summed E-state index contributed by atoms with van der Waals surface area (Å²) >= 11 is 6.02. The third-order valence-electron chi connectivity index (χ3n) is 2.28. The number of methoxy groups -OCH3 is 1. The van der Waals surface area contributed by atoms with Crippen LogP contribution in [0.25, 0.3) is 0 Å². The Balaban J connectivity index is 2.95. The lowest BCUT2D eigenvalue weighted by Gasteiger charge is -2.15. The predicted molar refractivity (Wildman–Crippen MR) is 64.9 cm³/mol. The highest BCUT2D eigenvalue weighted by Gasteiger charge is 2.13. The van der Waals surface area contributed by atoms with Crippen LogP contribution < -0.4 is 4.74 Å². The summed E-state index contributed by atoms with van der Waals surface area (Å²) in [6.45, 7) is 0.680. The Kier molecular flexibility index (Phi) is 4.60. The van der Waals surface area contributed by atoms with Crippen LogP contribution in [0.4, 0.5) is 0 Å². The fourth-order valence-electron chi connectivity index (χ4n) is 1.49. The summed E-state index contributed by atoms with van der Waals surface area (Å²) in [6.07, 6.45) is 0. The second-order valence-electron chi connectivity index (χ2n) is 3.84. The molecule has 0 heterocycles. The highest BCUT2D eigenvalue weighted by molar-refractivity contribution is 6.32. The van der Waals surface area contributed by atoms with E-state index in [4.69, 9.17) is 21.6 Å². The van der Waals surface area contributed by atoms with Crippen LogP contribution in [-0.2, 0) is 0 Å². The van der Waals surface area contributed by atoms with Crippen LogP contribution in [0.5, 0.6) is 5.75 Å². The van der Waals surface area contributed by atoms with Gasteiger partial charge in [-0.15, -0.1) is 0 Å². The van der Waals surface area contributed by atoms with Crippen molar-refractivity contribution in [3.05, 3.63) is 28.8 Å². The molecule has 1 aromatic carbocycles. The molecule has 0 amide bonds. The number of halogens is 1. The second kappa shape index (κ2) is 5.74. The molecule has 1 aromatic rings. The van der Waals surface area contributed by atoms with Gasteiger partial charge in [0.2, 0.25) is 0 Å². The van der Waals surface area contributed by atoms with Crippen LogP contribution in [0.15, 0.2) is 18.2 Å². The summed E-state index contributed by atoms with van der Waals surface area (Å²) in [7, 11) is 5.45. The Morgan fingerprint density at radius 2 is 2.19 bits per heavy atom. The summed E-state index contributed by atoms with van der Waals surface area (Å²) in [4.78, 5) is 1.98. The smallest absolute Gasteiger partial charge is 0.137 e. The van der Waals surface area contributed by atoms with E-state index in [0.29, 0.717) is 17.3 Å². The summed E-state index contributed by atoms with van der Waals surface area (Å²) < 4.78 is 5.07. The quantitative estimate of drug-likeness (QED) is 0.809. The van der Waals surface area contributed by atoms with Crippen molar-refractivity contribution < 1.29 is 4.74 Å². The molecule has 1 rings (SSSR count). The van der Waals surface area contributed by atoms with E-state index in [1.54, 1.807) is 19.2 Å². The second-order valence-corrected chi connectivity index (χ2v) is 4.25. The van der Waals surface area contributed by atoms with Crippen molar-refractivity contribution in [2.24, 2.45) is 0 Å². The van der Waals surface area contributed by atoms with Gasteiger partial charge >= 0.3 is 0 Å². The molecule has 86 valence electrons. The zero-order chi connectivity index (χ0) is 12.1. The number of likely N-dealkylation sites (N-methyl/N-ethyl adjacent to an activating group) is 1. The molecule has 0 fully saturated rings. The first-order valence-electron chi connectivity index (χ1n) is 4.96. The largest absolute Gasteiger partial charge is 0.495 e. The maximum atomic E-state index is 9.09. The number of nitriles is 1. The van der Waals surface area contributed by atoms with E-state index in [-0.39, 0.29) is 5.92 Å². The van der Waals surface area contributed by atoms with Gasteiger partial charge in [0.1, 0.15) is 5.75 Å². The minimum atomic E-state index is -0.168. The average molecular weight is 239 g/mol. The Hall–Kier alpha value is -1.24. The molecule has 0 N–H and O–H groups in total. The highest BCUT2D eigenvalue weighted by Crippen LogP contribution is 2.28. The first-order valence-corrected chi connectivity index (χ1v) is 5.34. The third kappa shape index (κ3) is 3.13. The highest BCUT2D eigenvalue weighted by atomic mass is 35.5. The Labute approximate surface area is 101 Å². The van der Waals surface area contributed by atoms with Crippen molar-refractivity contribution in [2.45, 2.75) is 5.92 Å². The van der Waals surface area contributed by atoms with Crippen molar-refractivity contribution >= 4 is 11.6 Å². The normalized spacial score (nSPS) is 12.2. The Morgan fingerprint density at radius 3 is 2.62 bits per heavy atom. The third-order valence-corrected chi connectivity index (χ3v) is 2.58. The average Bonchev–Trinajstić information content (AvgIpc) is 2.25. The van der Waals surface area contributed by atoms with Gasteiger partial charge in [-0.3, -0.25) is 0 Å². The van der Waals surface area contributed by atoms with E-state index < -0.39 is 0 Å². The van der Waals surface area contributed by atoms with Crippen LogP contribution >= 0.6 is 11.6 Å². The van der Waals surface area contributed by atoms with Gasteiger partial charge in [-0.2, -0.15) is 5.26 Å². The molecule has 0 spiro atoms. The van der Waals surface area contributed by atoms with E-state index in [9.17, 15) is 0 Å². The number of rotatable bonds is 4. The lowest BCUT2D eigenvalue weighted by Crippen LogP contribution is -2.19. The molecule has 0 aliphatic rings. The van der Waals surface area contributed by atoms with Gasteiger partial charge in [-0.05, 0) is 31.8 Å². The van der Waals surface area contributed by atoms with Crippen LogP contribution in [-0.4, -0.2) is 32.6 Å². The monoisotopic (exact) mass is 238 g/mol. The molecule has 0 aromatic heterocycles. The molecule has 0 saturated heterocycles. The Morgan fingerprint density at radius 1 is 1.50 bits per heavy atom. The minimum Gasteiger partial charge on any atom is -0.495 e. The molecule has 3 nitrogen and oxygen atoms in total. The zero-order valence-electron chi connectivity index (χ0n) is 9.70. The first-order chi connectivity index (χ1) is 7.58. The summed E-state index contributed by atoms with van der Waals surface area (Å²) in [6, 6.07) is 7.73. The van der Waals surface area contributed by atoms with Crippen molar-refractivity contribution in [1.29, 1.82) is 5.26 Å². The molecule has 4 heteroatoms. The van der Waals surface area contributed by atoms with Gasteiger partial charge in [-0.1, -0.05) is 17.7 Å². The van der Waals surface area contributed by atoms with Crippen molar-refractivity contribution in [1.82, 2.24) is 4.90 Å². The molecule has 0 bridgehead atoms. The van der Waals surface area contributed by atoms with Crippen LogP contribution in [0.2, 0.25) is 5.02 Å². The number of hydrogen-bond acceptors (Lipinski definition) is 3. The zero-order valence-corrected chi connectivity index (χ0v) is 10.5. The number of ether oxygens (including phenoxy) is 1. The molecular weight excluding hydrogens is 224 g/mol. The lowest BCUT2D eigenvalue weighted by atomic mass is 10.0. The van der Waals surface area contributed by atoms with Crippen LogP contribution in [0.3, 0.4) is 0 Å². The molecule has 1 unspecified atom stereocenters. The van der Waals surface area contributed by atoms with Crippen molar-refractivity contribution in [3.8, 4) is 11.8 Å². The number of benzene rings is 1. The fraction of sp³-hybridized carbons (Fsp3) is 0.417. The molecule has 0 aliphatic heterocycles. The maximum absolute atomic E-state index is 9.09. The van der Waals surface area contributed by atoms with Gasteiger partial charge in [0.15, 0.2) is 0 Å². The summed E-state index contributed by atoms with van der Waals surface area (Å²) in [5.41, 5.74) is 0.919. The van der Waals surface area contributed by atoms with Gasteiger partial charge < -0.3 is 9.64 Å². The molecule has 0 saturated carbocycles. The lowest BCUT2D eigenvalue weighted by molar-refractivity contribution is 0.397. The van der Waals surface area contributed by atoms with E-state index >= 15 is 0 Å². The SMILES string of the molecule is COc1ccc(C(C#N)CN(C)C)cc1Cl. The number of nitrogens with zero attached hydrogens (tertiary/aromatic N) is 2. The predicted octanol–water partition coefficient (Wildman–Crippen LogP) is 2.52. The van der Waals surface area contributed by atoms with Gasteiger partial charge in [-0.25, -0.2) is 0 Å². The standard InChI is InChI=1S/C12H15ClN2O/c1-15(2)8-10(7-14)9-4-5-12(16-3)11(13)6-9/h4-6,10H,8H2,1-3H3. The van der Waals surface area contributed by atoms with Gasteiger partial charge in [0.05, 0.1) is 24.1 Å². The van der Waals surface area contributed by atoms with E-state index in [2.05, 4.69) is 6.07 Å². The first kappa shape index (κ1) is 12.8. The molecule has 16 heavy (non-hydrogen) atoms.